The monoisotopic (exact) mass is 410 g/mol. The lowest BCUT2D eigenvalue weighted by Crippen LogP contribution is -2.06. The quantitative estimate of drug-likeness (QED) is 0.256. The zero-order valence-corrected chi connectivity index (χ0v) is 18.8. The maximum atomic E-state index is 12.2. The molecule has 0 aliphatic carbocycles. The average molecular weight is 411 g/mol. The molecule has 1 N–H and O–H groups in total. The number of hydrogen-bond acceptors (Lipinski definition) is 3. The molecule has 0 atom stereocenters. The minimum Gasteiger partial charge on any atom is -0.508 e. The van der Waals surface area contributed by atoms with Gasteiger partial charge in [0, 0.05) is 0 Å². The van der Waals surface area contributed by atoms with Gasteiger partial charge in [-0.15, -0.1) is 0 Å². The molecule has 3 nitrogen and oxygen atoms in total. The minimum absolute atomic E-state index is 0.00745. The second-order valence-corrected chi connectivity index (χ2v) is 10.2. The van der Waals surface area contributed by atoms with Crippen molar-refractivity contribution < 1.29 is 13.5 Å². The van der Waals surface area contributed by atoms with Gasteiger partial charge in [-0.05, 0) is 24.6 Å². The molecule has 0 saturated carbocycles. The molecule has 1 aromatic carbocycles. The van der Waals surface area contributed by atoms with Crippen LogP contribution in [-0.2, 0) is 9.84 Å². The van der Waals surface area contributed by atoms with Gasteiger partial charge in [-0.1, -0.05) is 109 Å². The number of sulfone groups is 1. The second-order valence-electron chi connectivity index (χ2n) is 8.12. The Kier molecular flexibility index (Phi) is 14.1. The summed E-state index contributed by atoms with van der Waals surface area (Å²) in [6.07, 6.45) is 20.5. The van der Waals surface area contributed by atoms with E-state index >= 15 is 0 Å². The Labute approximate surface area is 173 Å². The molecule has 1 rings (SSSR count). The van der Waals surface area contributed by atoms with Crippen LogP contribution in [0, 0.1) is 0 Å². The Morgan fingerprint density at radius 1 is 0.679 bits per heavy atom. The van der Waals surface area contributed by atoms with Gasteiger partial charge in [0.2, 0.25) is 0 Å². The van der Waals surface area contributed by atoms with E-state index in [0.29, 0.717) is 6.42 Å². The Bertz CT molecular complexity index is 596. The molecule has 0 saturated heterocycles. The average Bonchev–Trinajstić information content (AvgIpc) is 2.67. The molecule has 28 heavy (non-hydrogen) atoms. The lowest BCUT2D eigenvalue weighted by atomic mass is 10.0. The highest BCUT2D eigenvalue weighted by molar-refractivity contribution is 7.91. The van der Waals surface area contributed by atoms with Crippen molar-refractivity contribution in [2.75, 3.05) is 5.75 Å². The normalized spacial score (nSPS) is 11.8. The van der Waals surface area contributed by atoms with Crippen molar-refractivity contribution in [1.29, 1.82) is 0 Å². The summed E-state index contributed by atoms with van der Waals surface area (Å²) in [5, 5.41) is 9.42. The fourth-order valence-electron chi connectivity index (χ4n) is 3.63. The molecule has 0 amide bonds. The molecular weight excluding hydrogens is 368 g/mol. The van der Waals surface area contributed by atoms with Gasteiger partial charge < -0.3 is 5.11 Å². The number of phenols is 1. The maximum Gasteiger partial charge on any atom is 0.178 e. The molecule has 162 valence electrons. The third kappa shape index (κ3) is 12.4. The van der Waals surface area contributed by atoms with E-state index in [1.54, 1.807) is 12.1 Å². The van der Waals surface area contributed by atoms with Gasteiger partial charge in [-0.2, -0.15) is 0 Å². The number of benzene rings is 1. The van der Waals surface area contributed by atoms with Crippen molar-refractivity contribution in [1.82, 2.24) is 0 Å². The van der Waals surface area contributed by atoms with Crippen LogP contribution >= 0.6 is 0 Å². The van der Waals surface area contributed by atoms with E-state index in [0.717, 1.165) is 12.8 Å². The van der Waals surface area contributed by atoms with Gasteiger partial charge in [-0.3, -0.25) is 0 Å². The standard InChI is InChI=1S/C24H42O3S/c1-2-3-4-5-6-7-8-9-10-11-12-13-14-15-16-17-21-28(26,27)24-20-18-19-23(25)22-24/h18-20,22,25H,2-17,21H2,1H3. The van der Waals surface area contributed by atoms with Crippen molar-refractivity contribution in [3.63, 3.8) is 0 Å². The highest BCUT2D eigenvalue weighted by Crippen LogP contribution is 2.19. The highest BCUT2D eigenvalue weighted by Gasteiger charge is 2.14. The van der Waals surface area contributed by atoms with Gasteiger partial charge >= 0.3 is 0 Å². The van der Waals surface area contributed by atoms with E-state index in [1.807, 2.05) is 0 Å². The SMILES string of the molecule is CCCCCCCCCCCCCCCCCCS(=O)(=O)c1cccc(O)c1. The molecule has 0 aliphatic rings. The molecule has 0 fully saturated rings. The molecule has 0 aromatic heterocycles. The van der Waals surface area contributed by atoms with Gasteiger partial charge in [0.1, 0.15) is 5.75 Å². The number of unbranched alkanes of at least 4 members (excludes halogenated alkanes) is 15. The van der Waals surface area contributed by atoms with Crippen molar-refractivity contribution in [3.05, 3.63) is 24.3 Å². The fraction of sp³-hybridized carbons (Fsp3) is 0.750. The van der Waals surface area contributed by atoms with E-state index in [4.69, 9.17) is 0 Å². The van der Waals surface area contributed by atoms with Gasteiger partial charge in [0.15, 0.2) is 9.84 Å². The Morgan fingerprint density at radius 2 is 1.11 bits per heavy atom. The summed E-state index contributed by atoms with van der Waals surface area (Å²) in [6, 6.07) is 5.97. The topological polar surface area (TPSA) is 54.4 Å². The minimum atomic E-state index is -3.26. The van der Waals surface area contributed by atoms with Crippen LogP contribution in [0.3, 0.4) is 0 Å². The van der Waals surface area contributed by atoms with E-state index in [2.05, 4.69) is 6.92 Å². The van der Waals surface area contributed by atoms with Crippen LogP contribution in [0.1, 0.15) is 110 Å². The van der Waals surface area contributed by atoms with E-state index in [-0.39, 0.29) is 16.4 Å². The first-order valence-corrected chi connectivity index (χ1v) is 13.2. The predicted molar refractivity (Wildman–Crippen MR) is 120 cm³/mol. The highest BCUT2D eigenvalue weighted by atomic mass is 32.2. The summed E-state index contributed by atoms with van der Waals surface area (Å²) in [7, 11) is -3.26. The molecule has 0 bridgehead atoms. The van der Waals surface area contributed by atoms with Crippen LogP contribution in [-0.4, -0.2) is 19.3 Å². The lowest BCUT2D eigenvalue weighted by molar-refractivity contribution is 0.473. The van der Waals surface area contributed by atoms with Crippen molar-refractivity contribution in [2.24, 2.45) is 0 Å². The summed E-state index contributed by atoms with van der Waals surface area (Å²) in [5.41, 5.74) is 0. The van der Waals surface area contributed by atoms with Crippen LogP contribution in [0.15, 0.2) is 29.2 Å². The summed E-state index contributed by atoms with van der Waals surface area (Å²) >= 11 is 0. The molecule has 0 spiro atoms. The van der Waals surface area contributed by atoms with Crippen LogP contribution < -0.4 is 0 Å². The number of phenolic OH excluding ortho intramolecular Hbond substituents is 1. The van der Waals surface area contributed by atoms with Crippen molar-refractivity contribution >= 4 is 9.84 Å². The van der Waals surface area contributed by atoms with Crippen molar-refractivity contribution in [2.45, 2.75) is 115 Å². The smallest absolute Gasteiger partial charge is 0.178 e. The molecule has 1 aromatic rings. The first-order valence-electron chi connectivity index (χ1n) is 11.6. The first-order chi connectivity index (χ1) is 13.6. The maximum absolute atomic E-state index is 12.2. The van der Waals surface area contributed by atoms with E-state index < -0.39 is 9.84 Å². The van der Waals surface area contributed by atoms with Crippen molar-refractivity contribution in [3.8, 4) is 5.75 Å². The first kappa shape index (κ1) is 25.0. The van der Waals surface area contributed by atoms with Crippen LogP contribution in [0.25, 0.3) is 0 Å². The van der Waals surface area contributed by atoms with E-state index in [9.17, 15) is 13.5 Å². The van der Waals surface area contributed by atoms with Gasteiger partial charge in [0.25, 0.3) is 0 Å². The molecule has 0 aliphatic heterocycles. The Morgan fingerprint density at radius 3 is 1.54 bits per heavy atom. The van der Waals surface area contributed by atoms with Crippen LogP contribution in [0.4, 0.5) is 0 Å². The molecule has 0 radical (unpaired) electrons. The number of hydrogen-bond donors (Lipinski definition) is 1. The Hall–Kier alpha value is -1.03. The van der Waals surface area contributed by atoms with Gasteiger partial charge in [-0.25, -0.2) is 8.42 Å². The number of rotatable bonds is 18. The molecule has 4 heteroatoms. The van der Waals surface area contributed by atoms with Crippen LogP contribution in [0.5, 0.6) is 5.75 Å². The third-order valence-corrected chi connectivity index (χ3v) is 7.24. The fourth-order valence-corrected chi connectivity index (χ4v) is 5.04. The molecule has 0 unspecified atom stereocenters. The zero-order valence-electron chi connectivity index (χ0n) is 18.0. The molecule has 0 heterocycles. The third-order valence-electron chi connectivity index (χ3n) is 5.44. The molecular formula is C24H42O3S. The summed E-state index contributed by atoms with van der Waals surface area (Å²) in [5.74, 6) is 0.183. The number of aromatic hydroxyl groups is 1. The summed E-state index contributed by atoms with van der Waals surface area (Å²) < 4.78 is 24.4. The predicted octanol–water partition coefficient (Wildman–Crippen LogP) is 7.43. The lowest BCUT2D eigenvalue weighted by Gasteiger charge is -2.05. The van der Waals surface area contributed by atoms with E-state index in [1.165, 1.54) is 95.6 Å². The van der Waals surface area contributed by atoms with Crippen LogP contribution in [0.2, 0.25) is 0 Å². The largest absolute Gasteiger partial charge is 0.508 e. The summed E-state index contributed by atoms with van der Waals surface area (Å²) in [6.45, 7) is 2.27. The van der Waals surface area contributed by atoms with Gasteiger partial charge in [0.05, 0.1) is 10.6 Å². The Balaban J connectivity index is 1.89. The summed E-state index contributed by atoms with van der Waals surface area (Å²) in [4.78, 5) is 0.230. The zero-order chi connectivity index (χ0) is 20.5. The second kappa shape index (κ2) is 15.8.